The van der Waals surface area contributed by atoms with Gasteiger partial charge in [0.2, 0.25) is 0 Å². The summed E-state index contributed by atoms with van der Waals surface area (Å²) in [5.41, 5.74) is 2.69. The maximum Gasteiger partial charge on any atom is 0.267 e. The van der Waals surface area contributed by atoms with Gasteiger partial charge in [-0.25, -0.2) is 0 Å². The molecule has 0 radical (unpaired) electrons. The molecule has 122 valence electrons. The molecule has 0 unspecified atom stereocenters. The number of phenolic OH excluding ortho intramolecular Hbond substituents is 1. The Hall–Kier alpha value is -2.23. The Labute approximate surface area is 136 Å². The number of amides is 1. The van der Waals surface area contributed by atoms with Crippen LogP contribution in [0, 0.1) is 11.8 Å². The van der Waals surface area contributed by atoms with Crippen molar-refractivity contribution >= 4 is 16.8 Å². The van der Waals surface area contributed by atoms with Crippen molar-refractivity contribution < 1.29 is 9.90 Å². The topological polar surface area (TPSA) is 65.1 Å². The number of allylic oxidation sites excluding steroid dienone is 1. The standard InChI is InChI=1S/C19H24N2O2/c1-12(2)14-5-3-13(4-6-14)11-20-19(23)18-10-15-9-16(22)7-8-17(15)21-18/h7-10,13-14,21-22H,1,3-6,11H2,2H3,(H,20,23). The maximum absolute atomic E-state index is 12.3. The average Bonchev–Trinajstić information content (AvgIpc) is 2.96. The van der Waals surface area contributed by atoms with Crippen molar-refractivity contribution in [2.45, 2.75) is 32.6 Å². The highest BCUT2D eigenvalue weighted by atomic mass is 16.3. The Bertz CT molecular complexity index is 724. The lowest BCUT2D eigenvalue weighted by molar-refractivity contribution is 0.0938. The Morgan fingerprint density at radius 2 is 2.04 bits per heavy atom. The molecule has 1 amide bonds. The van der Waals surface area contributed by atoms with Crippen molar-refractivity contribution in [1.82, 2.24) is 10.3 Å². The molecule has 0 atom stereocenters. The summed E-state index contributed by atoms with van der Waals surface area (Å²) in [7, 11) is 0. The molecule has 4 heteroatoms. The molecule has 1 heterocycles. The fraction of sp³-hybridized carbons (Fsp3) is 0.421. The largest absolute Gasteiger partial charge is 0.508 e. The normalized spacial score (nSPS) is 21.3. The molecule has 0 bridgehead atoms. The smallest absolute Gasteiger partial charge is 0.267 e. The van der Waals surface area contributed by atoms with E-state index in [1.54, 1.807) is 24.3 Å². The molecule has 1 aromatic carbocycles. The third kappa shape index (κ3) is 3.58. The molecule has 0 saturated heterocycles. The molecular formula is C19H24N2O2. The van der Waals surface area contributed by atoms with Crippen LogP contribution < -0.4 is 5.32 Å². The van der Waals surface area contributed by atoms with Crippen molar-refractivity contribution in [1.29, 1.82) is 0 Å². The second-order valence-corrected chi connectivity index (χ2v) is 6.73. The number of benzene rings is 1. The maximum atomic E-state index is 12.3. The first-order chi connectivity index (χ1) is 11.0. The Morgan fingerprint density at radius 3 is 2.74 bits per heavy atom. The fourth-order valence-electron chi connectivity index (χ4n) is 3.43. The van der Waals surface area contributed by atoms with E-state index in [0.29, 0.717) is 17.5 Å². The van der Waals surface area contributed by atoms with Crippen LogP contribution in [0.4, 0.5) is 0 Å². The van der Waals surface area contributed by atoms with Gasteiger partial charge in [-0.05, 0) is 68.7 Å². The highest BCUT2D eigenvalue weighted by molar-refractivity contribution is 5.98. The zero-order chi connectivity index (χ0) is 16.4. The molecule has 1 aliphatic carbocycles. The number of H-pyrrole nitrogens is 1. The van der Waals surface area contributed by atoms with E-state index in [0.717, 1.165) is 30.3 Å². The lowest BCUT2D eigenvalue weighted by atomic mass is 9.79. The number of hydrogen-bond acceptors (Lipinski definition) is 2. The van der Waals surface area contributed by atoms with Crippen molar-refractivity contribution in [3.05, 3.63) is 42.1 Å². The summed E-state index contributed by atoms with van der Waals surface area (Å²) < 4.78 is 0. The monoisotopic (exact) mass is 312 g/mol. The summed E-state index contributed by atoms with van der Waals surface area (Å²) in [5.74, 6) is 1.34. The fourth-order valence-corrected chi connectivity index (χ4v) is 3.43. The van der Waals surface area contributed by atoms with Crippen LogP contribution >= 0.6 is 0 Å². The van der Waals surface area contributed by atoms with Crippen LogP contribution in [0.1, 0.15) is 43.1 Å². The predicted octanol–water partition coefficient (Wildman–Crippen LogP) is 3.99. The lowest BCUT2D eigenvalue weighted by Crippen LogP contribution is -2.31. The van der Waals surface area contributed by atoms with Crippen LogP contribution in [-0.2, 0) is 0 Å². The molecule has 3 rings (SSSR count). The number of aromatic hydroxyl groups is 1. The Balaban J connectivity index is 1.56. The SMILES string of the molecule is C=C(C)C1CCC(CNC(=O)c2cc3cc(O)ccc3[nH]2)CC1. The Morgan fingerprint density at radius 1 is 1.30 bits per heavy atom. The lowest BCUT2D eigenvalue weighted by Gasteiger charge is -2.28. The van der Waals surface area contributed by atoms with Gasteiger partial charge in [0.05, 0.1) is 0 Å². The molecule has 0 aliphatic heterocycles. The van der Waals surface area contributed by atoms with Crippen LogP contribution in [0.15, 0.2) is 36.4 Å². The highest BCUT2D eigenvalue weighted by Crippen LogP contribution is 2.32. The second kappa shape index (κ2) is 6.49. The van der Waals surface area contributed by atoms with Gasteiger partial charge in [-0.2, -0.15) is 0 Å². The zero-order valence-electron chi connectivity index (χ0n) is 13.6. The highest BCUT2D eigenvalue weighted by Gasteiger charge is 2.22. The molecule has 23 heavy (non-hydrogen) atoms. The number of carbonyl (C=O) groups is 1. The van der Waals surface area contributed by atoms with E-state index in [9.17, 15) is 9.90 Å². The summed E-state index contributed by atoms with van der Waals surface area (Å²) in [5, 5.41) is 13.4. The van der Waals surface area contributed by atoms with Gasteiger partial charge in [0, 0.05) is 17.4 Å². The minimum Gasteiger partial charge on any atom is -0.508 e. The summed E-state index contributed by atoms with van der Waals surface area (Å²) >= 11 is 0. The first kappa shape index (κ1) is 15.7. The van der Waals surface area contributed by atoms with Crippen LogP contribution in [0.5, 0.6) is 5.75 Å². The Kier molecular flexibility index (Phi) is 4.42. The van der Waals surface area contributed by atoms with Crippen LogP contribution in [0.25, 0.3) is 10.9 Å². The van der Waals surface area contributed by atoms with Gasteiger partial charge in [0.15, 0.2) is 0 Å². The van der Waals surface area contributed by atoms with Crippen molar-refractivity contribution in [2.24, 2.45) is 11.8 Å². The molecule has 1 saturated carbocycles. The van der Waals surface area contributed by atoms with E-state index in [1.807, 2.05) is 0 Å². The molecule has 3 N–H and O–H groups in total. The van der Waals surface area contributed by atoms with Crippen molar-refractivity contribution in [2.75, 3.05) is 6.54 Å². The number of phenols is 1. The molecule has 1 aromatic heterocycles. The van der Waals surface area contributed by atoms with Crippen LogP contribution in [-0.4, -0.2) is 22.5 Å². The summed E-state index contributed by atoms with van der Waals surface area (Å²) in [6.45, 7) is 6.89. The average molecular weight is 312 g/mol. The third-order valence-electron chi connectivity index (χ3n) is 4.94. The van der Waals surface area contributed by atoms with Gasteiger partial charge >= 0.3 is 0 Å². The zero-order valence-corrected chi connectivity index (χ0v) is 13.6. The van der Waals surface area contributed by atoms with E-state index in [2.05, 4.69) is 23.8 Å². The number of aromatic nitrogens is 1. The number of hydrogen-bond donors (Lipinski definition) is 3. The van der Waals surface area contributed by atoms with E-state index in [4.69, 9.17) is 0 Å². The quantitative estimate of drug-likeness (QED) is 0.747. The van der Waals surface area contributed by atoms with Gasteiger partial charge in [0.1, 0.15) is 11.4 Å². The number of fused-ring (bicyclic) bond motifs is 1. The first-order valence-electron chi connectivity index (χ1n) is 8.28. The van der Waals surface area contributed by atoms with Gasteiger partial charge in [-0.1, -0.05) is 12.2 Å². The second-order valence-electron chi connectivity index (χ2n) is 6.73. The minimum atomic E-state index is -0.0808. The van der Waals surface area contributed by atoms with Crippen LogP contribution in [0.2, 0.25) is 0 Å². The molecule has 1 aliphatic rings. The number of nitrogens with one attached hydrogen (secondary N) is 2. The van der Waals surface area contributed by atoms with Crippen molar-refractivity contribution in [3.8, 4) is 5.75 Å². The first-order valence-corrected chi connectivity index (χ1v) is 8.28. The van der Waals surface area contributed by atoms with Gasteiger partial charge < -0.3 is 15.4 Å². The van der Waals surface area contributed by atoms with Gasteiger partial charge in [0.25, 0.3) is 5.91 Å². The molecule has 4 nitrogen and oxygen atoms in total. The molecule has 1 fully saturated rings. The summed E-state index contributed by atoms with van der Waals surface area (Å²) in [6.07, 6.45) is 4.67. The molecular weight excluding hydrogens is 288 g/mol. The third-order valence-corrected chi connectivity index (χ3v) is 4.94. The summed E-state index contributed by atoms with van der Waals surface area (Å²) in [6, 6.07) is 6.82. The van der Waals surface area contributed by atoms with Crippen molar-refractivity contribution in [3.63, 3.8) is 0 Å². The van der Waals surface area contributed by atoms with Gasteiger partial charge in [-0.15, -0.1) is 0 Å². The molecule has 0 spiro atoms. The number of carbonyl (C=O) groups excluding carboxylic acids is 1. The van der Waals surface area contributed by atoms with E-state index in [-0.39, 0.29) is 11.7 Å². The summed E-state index contributed by atoms with van der Waals surface area (Å²) in [4.78, 5) is 15.4. The number of aromatic amines is 1. The van der Waals surface area contributed by atoms with E-state index in [1.165, 1.54) is 18.4 Å². The minimum absolute atomic E-state index is 0.0808. The van der Waals surface area contributed by atoms with E-state index < -0.39 is 0 Å². The van der Waals surface area contributed by atoms with Crippen LogP contribution in [0.3, 0.4) is 0 Å². The molecule has 2 aromatic rings. The number of rotatable bonds is 4. The van der Waals surface area contributed by atoms with E-state index >= 15 is 0 Å². The van der Waals surface area contributed by atoms with Gasteiger partial charge in [-0.3, -0.25) is 4.79 Å². The predicted molar refractivity (Wildman–Crippen MR) is 92.6 cm³/mol.